The molecule has 1 unspecified atom stereocenters. The third-order valence-corrected chi connectivity index (χ3v) is 237. The molecular weight excluding hydrogens is 1520 g/mol. The molecule has 67 heteroatoms. The summed E-state index contributed by atoms with van der Waals surface area (Å²) in [6.45, 7) is 0.473. The third-order valence-electron chi connectivity index (χ3n) is 7.42. The Morgan fingerprint density at radius 2 is 0.507 bits per heavy atom. The minimum Gasteiger partial charge on any atom is -0.574 e. The number of hydrogen-bond donors (Lipinski definition) is 0. The summed E-state index contributed by atoms with van der Waals surface area (Å²) in [4.78, 5) is 0. The average molecular weight is 1520 g/mol. The maximum atomic E-state index is 13.2. The number of halogens is 3. The smallest absolute Gasteiger partial charge is 0.532 e. The lowest BCUT2D eigenvalue weighted by molar-refractivity contribution is -0.131. The highest BCUT2D eigenvalue weighted by molar-refractivity contribution is 7.83. The normalized spacial score (nSPS) is 11.1. The minimum atomic E-state index is -5.18. The first-order valence-corrected chi connectivity index (χ1v) is 91.7. The Labute approximate surface area is 426 Å². The highest BCUT2D eigenvalue weighted by Gasteiger charge is 2.59. The van der Waals surface area contributed by atoms with Gasteiger partial charge in [-0.3, -0.25) is 0 Å². The van der Waals surface area contributed by atoms with Crippen LogP contribution in [0.25, 0.3) is 0 Å². The molecule has 0 aliphatic rings. The lowest BCUT2D eigenvalue weighted by atomic mass is 10.5. The van der Waals surface area contributed by atoms with Gasteiger partial charge < -0.3 is 142 Å². The number of hydrogen-bond acceptors (Lipinski definition) is 32. The predicted molar refractivity (Wildman–Crippen MR) is 228 cm³/mol. The predicted octanol–water partition coefficient (Wildman–Crippen LogP) is -13.4. The van der Waals surface area contributed by atoms with E-state index in [1.165, 1.54) is 0 Å². The molecule has 1 atom stereocenters. The Morgan fingerprint density at radius 3 is 0.704 bits per heavy atom. The zero-order valence-corrected chi connectivity index (χ0v) is 65.1. The fourth-order valence-electron chi connectivity index (χ4n) is 3.74. The van der Waals surface area contributed by atoms with Gasteiger partial charge in [0.1, 0.15) is 0 Å². The van der Waals surface area contributed by atoms with Gasteiger partial charge in [-0.1, -0.05) is 0 Å². The molecule has 0 spiro atoms. The van der Waals surface area contributed by atoms with E-state index in [2.05, 4.69) is 0 Å². The second kappa shape index (κ2) is 31.1. The van der Waals surface area contributed by atoms with Crippen molar-refractivity contribution in [1.82, 2.24) is 0 Å². The Balaban J connectivity index is 6.18. The topological polar surface area (TPSA) is 538 Å². The van der Waals surface area contributed by atoms with Crippen LogP contribution in [0.3, 0.4) is 0 Å². The molecule has 0 aliphatic heterocycles. The van der Waals surface area contributed by atoms with Crippen LogP contribution < -0.4 is 0 Å². The summed E-state index contributed by atoms with van der Waals surface area (Å²) in [7, 11) is -139. The van der Waals surface area contributed by atoms with Crippen molar-refractivity contribution >= 4 is 250 Å². The van der Waals surface area contributed by atoms with Gasteiger partial charge >= 0.3 is 249 Å². The van der Waals surface area contributed by atoms with E-state index >= 15 is 0 Å². The first kappa shape index (κ1) is 71.3. The van der Waals surface area contributed by atoms with Crippen LogP contribution in [0, 0.1) is 0 Å². The lowest BCUT2D eigenvalue weighted by Crippen LogP contribution is -2.60. The monoisotopic (exact) mass is 1520 g/mol. The Bertz CT molecular complexity index is 2940. The van der Waals surface area contributed by atoms with E-state index in [0.717, 1.165) is 0 Å². The van der Waals surface area contributed by atoms with Gasteiger partial charge in [-0.15, -0.1) is 0 Å². The van der Waals surface area contributed by atoms with Gasteiger partial charge in [0.05, 0.1) is 0 Å². The Kier molecular flexibility index (Phi) is 31.2. The van der Waals surface area contributed by atoms with Crippen molar-refractivity contribution in [1.29, 1.82) is 0 Å². The number of rotatable bonds is 34. The van der Waals surface area contributed by atoms with Crippen LogP contribution in [-0.2, 0) is 142 Å². The van der Waals surface area contributed by atoms with Gasteiger partial charge in [-0.05, 0) is 12.6 Å². The van der Waals surface area contributed by atoms with Crippen molar-refractivity contribution in [3.05, 3.63) is 0 Å². The summed E-state index contributed by atoms with van der Waals surface area (Å²) >= 11 is 0. The molecule has 0 bridgehead atoms. The third kappa shape index (κ3) is 19.3. The van der Waals surface area contributed by atoms with Gasteiger partial charge in [0.25, 0.3) is 7.83 Å². The fraction of sp³-hybridized carbons (Fsp3) is 1.00. The standard InChI is InChI=1S/C4H7F3O32Si32/c1-71(3-2-4(5,6)7,70(38)69(37)68(36)50(18)47(15)44(12)41-9)39-42(10)45(13)48(16)51(19)53(21)55(23)57(25)59(27)61(29)63(31)65(33)67(35)66(34)64(32)62(30)60(28)58(26)56(24)54(22)52(20)49(17)46(14)43(11)40-8/h2-3H2,1H3. The molecule has 32 nitrogen and oxygen atoms in total. The molecule has 0 aromatic heterocycles. The van der Waals surface area contributed by atoms with E-state index in [0.29, 0.717) is 6.55 Å². The summed E-state index contributed by atoms with van der Waals surface area (Å²) in [6, 6.07) is -1.53. The van der Waals surface area contributed by atoms with Crippen LogP contribution in [-0.4, -0.2) is 256 Å². The molecule has 0 aromatic rings. The molecule has 0 heterocycles. The van der Waals surface area contributed by atoms with E-state index in [-0.39, 0.29) is 0 Å². The van der Waals surface area contributed by atoms with Gasteiger partial charge in [0, 0.05) is 6.42 Å². The van der Waals surface area contributed by atoms with E-state index in [1.54, 1.807) is 0 Å². The van der Waals surface area contributed by atoms with Crippen LogP contribution in [0.5, 0.6) is 0 Å². The molecule has 0 aliphatic carbocycles. The molecule has 0 N–H and O–H groups in total. The minimum absolute atomic E-state index is 0.473. The van der Waals surface area contributed by atoms with Gasteiger partial charge in [-0.25, -0.2) is 0 Å². The molecule has 0 amide bonds. The highest BCUT2D eigenvalue weighted by atomic mass is 30.1. The van der Waals surface area contributed by atoms with Crippen molar-refractivity contribution in [3.8, 4) is 0 Å². The quantitative estimate of drug-likeness (QED) is 0.0540. The van der Waals surface area contributed by atoms with E-state index in [1.807, 2.05) is 0 Å². The van der Waals surface area contributed by atoms with Crippen molar-refractivity contribution < 1.29 is 156 Å². The van der Waals surface area contributed by atoms with E-state index < -0.39 is 269 Å². The first-order valence-electron chi connectivity index (χ1n) is 16.5. The zero-order chi connectivity index (χ0) is 56.3. The van der Waals surface area contributed by atoms with Crippen LogP contribution in [0.1, 0.15) is 6.42 Å². The lowest BCUT2D eigenvalue weighted by Gasteiger charge is -2.24. The highest BCUT2D eigenvalue weighted by Crippen LogP contribution is 2.27. The molecule has 0 aromatic carbocycles. The Hall–Kier alpha value is 0.330. The summed E-state index contributed by atoms with van der Waals surface area (Å²) in [6.07, 6.45) is -7.19. The summed E-state index contributed by atoms with van der Waals surface area (Å²) in [5.74, 6) is 0. The average Bonchev–Trinajstić information content (AvgIpc) is 3.35. The second-order valence-corrected chi connectivity index (χ2v) is 159. The van der Waals surface area contributed by atoms with Crippen LogP contribution in [0.15, 0.2) is 0 Å². The summed E-state index contributed by atoms with van der Waals surface area (Å²) in [5, 5.41) is 0. The van der Waals surface area contributed by atoms with Crippen molar-refractivity contribution in [3.63, 3.8) is 0 Å². The van der Waals surface area contributed by atoms with Gasteiger partial charge in [0.15, 0.2) is 0 Å². The molecule has 0 rings (SSSR count). The maximum absolute atomic E-state index is 13.2. The molecule has 0 saturated heterocycles. The first-order chi connectivity index (χ1) is 32.2. The van der Waals surface area contributed by atoms with E-state index in [9.17, 15) is 151 Å². The van der Waals surface area contributed by atoms with Crippen LogP contribution in [0.4, 0.5) is 13.2 Å². The van der Waals surface area contributed by atoms with E-state index in [4.69, 9.17) is 4.12 Å². The summed E-state index contributed by atoms with van der Waals surface area (Å²) < 4.78 is 429. The SMILES string of the molecule is C[Si](CCC(F)(F)F)(O[Si](=O)[Si](=O)[Si](=O)[Si](=O)[Si](=O)[Si](=O)[Si](=O)[Si](=O)[Si](=O)[Si](=O)[Si](=O)[Si](=O)[Si](=O)[Si](=O)[Si](=O)[Si](=O)[Si](=O)[Si](=O)[Si](=O)[Si](=O)[Si](=O)[Si](=O)[Si](=O)[Si]=O)[Si](=O)[Si](=O)[Si](=O)[Si](=O)[Si](=O)[Si](=O)[Si]=O. The van der Waals surface area contributed by atoms with Crippen LogP contribution >= 0.6 is 0 Å². The number of alkyl halides is 3. The molecule has 0 fully saturated rings. The molecule has 0 saturated carbocycles. The van der Waals surface area contributed by atoms with Crippen molar-refractivity contribution in [2.24, 2.45) is 0 Å². The van der Waals surface area contributed by atoms with Crippen molar-refractivity contribution in [2.75, 3.05) is 0 Å². The largest absolute Gasteiger partial charge is 0.574 e. The molecule has 71 heavy (non-hydrogen) atoms. The fourth-order valence-corrected chi connectivity index (χ4v) is 334. The molecular formula is C4H7F3O32Si32. The van der Waals surface area contributed by atoms with Gasteiger partial charge in [-0.2, -0.15) is 13.2 Å². The summed E-state index contributed by atoms with van der Waals surface area (Å²) in [5.41, 5.74) is 0. The maximum Gasteiger partial charge on any atom is 0.532 e. The second-order valence-electron chi connectivity index (χ2n) is 12.2. The van der Waals surface area contributed by atoms with Crippen LogP contribution in [0.2, 0.25) is 12.6 Å². The Morgan fingerprint density at radius 1 is 0.324 bits per heavy atom. The van der Waals surface area contributed by atoms with Crippen molar-refractivity contribution in [2.45, 2.75) is 25.2 Å². The molecule has 2 radical (unpaired) electrons. The molecule has 364 valence electrons. The zero-order valence-electron chi connectivity index (χ0n) is 33.1. The van der Waals surface area contributed by atoms with Gasteiger partial charge in [0.2, 0.25) is 0 Å².